The minimum absolute atomic E-state index is 0.127. The van der Waals surface area contributed by atoms with E-state index in [0.717, 1.165) is 16.6 Å². The molecule has 0 aliphatic heterocycles. The van der Waals surface area contributed by atoms with Crippen molar-refractivity contribution < 1.29 is 4.39 Å². The number of aromatic nitrogens is 2. The molecule has 1 aromatic heterocycles. The lowest BCUT2D eigenvalue weighted by molar-refractivity contribution is 0.607. The molecule has 0 fully saturated rings. The molecule has 1 heterocycles. The number of hydrogen-bond donors (Lipinski definition) is 1. The average molecular weight is 300 g/mol. The van der Waals surface area contributed by atoms with Crippen molar-refractivity contribution in [1.82, 2.24) is 9.55 Å². The maximum Gasteiger partial charge on any atom is 0.178 e. The van der Waals surface area contributed by atoms with Crippen molar-refractivity contribution in [1.29, 1.82) is 0 Å². The molecule has 2 nitrogen and oxygen atoms in total. The Bertz CT molecular complexity index is 866. The molecule has 2 aromatic carbocycles. The van der Waals surface area contributed by atoms with E-state index < -0.39 is 0 Å². The number of benzene rings is 2. The van der Waals surface area contributed by atoms with Crippen LogP contribution in [0.5, 0.6) is 0 Å². The molecule has 21 heavy (non-hydrogen) atoms. The molecule has 3 aromatic rings. The molecule has 0 unspecified atom stereocenters. The maximum atomic E-state index is 13.8. The number of nitrogens with one attached hydrogen (secondary N) is 1. The number of aryl methyl sites for hydroxylation is 3. The number of rotatable bonds is 2. The zero-order valence-electron chi connectivity index (χ0n) is 12.3. The van der Waals surface area contributed by atoms with Gasteiger partial charge in [0.25, 0.3) is 0 Å². The van der Waals surface area contributed by atoms with Crippen LogP contribution in [0.1, 0.15) is 22.3 Å². The van der Waals surface area contributed by atoms with Crippen LogP contribution in [0.3, 0.4) is 0 Å². The number of halogens is 1. The summed E-state index contributed by atoms with van der Waals surface area (Å²) in [7, 11) is 0. The van der Waals surface area contributed by atoms with Crippen LogP contribution in [-0.2, 0) is 6.54 Å². The van der Waals surface area contributed by atoms with Gasteiger partial charge in [-0.2, -0.15) is 0 Å². The first-order chi connectivity index (χ1) is 9.97. The molecule has 0 spiro atoms. The van der Waals surface area contributed by atoms with Crippen LogP contribution < -0.4 is 0 Å². The third kappa shape index (κ3) is 2.40. The molecule has 0 radical (unpaired) electrons. The monoisotopic (exact) mass is 300 g/mol. The molecular formula is C17H17FN2S. The molecule has 0 aliphatic rings. The lowest BCUT2D eigenvalue weighted by Gasteiger charge is -2.10. The standard InChI is InChI=1S/C17H17FN2S/c1-10-5-4-6-14-16(10)20(17(21)19-14)9-13-7-11(2)15(18)12(3)8-13/h4-8H,9H2,1-3H3,(H,19,21). The highest BCUT2D eigenvalue weighted by Crippen LogP contribution is 2.21. The zero-order chi connectivity index (χ0) is 15.1. The number of nitrogens with zero attached hydrogens (tertiary/aromatic N) is 1. The molecule has 0 atom stereocenters. The van der Waals surface area contributed by atoms with Gasteiger partial charge in [-0.15, -0.1) is 0 Å². The largest absolute Gasteiger partial charge is 0.331 e. The molecular weight excluding hydrogens is 283 g/mol. The Kier molecular flexibility index (Phi) is 3.41. The number of H-pyrrole nitrogens is 1. The SMILES string of the molecule is Cc1cc(Cn2c(=S)[nH]c3cccc(C)c32)cc(C)c1F. The van der Waals surface area contributed by atoms with E-state index in [1.54, 1.807) is 13.8 Å². The van der Waals surface area contributed by atoms with Gasteiger partial charge in [0.1, 0.15) is 5.82 Å². The van der Waals surface area contributed by atoms with Crippen LogP contribution in [0.2, 0.25) is 0 Å². The highest BCUT2D eigenvalue weighted by molar-refractivity contribution is 7.71. The van der Waals surface area contributed by atoms with Crippen LogP contribution in [0.4, 0.5) is 4.39 Å². The van der Waals surface area contributed by atoms with Crippen molar-refractivity contribution >= 4 is 23.3 Å². The van der Waals surface area contributed by atoms with Gasteiger partial charge in [0, 0.05) is 0 Å². The van der Waals surface area contributed by atoms with Gasteiger partial charge in [-0.05, 0) is 61.3 Å². The molecule has 3 rings (SSSR count). The molecule has 0 amide bonds. The molecule has 0 saturated carbocycles. The highest BCUT2D eigenvalue weighted by Gasteiger charge is 2.09. The predicted molar refractivity (Wildman–Crippen MR) is 86.8 cm³/mol. The van der Waals surface area contributed by atoms with Gasteiger partial charge in [-0.3, -0.25) is 0 Å². The summed E-state index contributed by atoms with van der Waals surface area (Å²) in [5.41, 5.74) is 5.74. The molecule has 0 saturated heterocycles. The van der Waals surface area contributed by atoms with E-state index in [-0.39, 0.29) is 5.82 Å². The summed E-state index contributed by atoms with van der Waals surface area (Å²) in [4.78, 5) is 3.23. The number of hydrogen-bond acceptors (Lipinski definition) is 1. The van der Waals surface area contributed by atoms with Gasteiger partial charge >= 0.3 is 0 Å². The van der Waals surface area contributed by atoms with Gasteiger partial charge in [0.05, 0.1) is 17.6 Å². The first-order valence-electron chi connectivity index (χ1n) is 6.91. The van der Waals surface area contributed by atoms with Crippen LogP contribution >= 0.6 is 12.2 Å². The second-order valence-corrected chi connectivity index (χ2v) is 5.92. The average Bonchev–Trinajstić information content (AvgIpc) is 2.74. The summed E-state index contributed by atoms with van der Waals surface area (Å²) in [6.45, 7) is 6.31. The van der Waals surface area contributed by atoms with Crippen LogP contribution in [0.25, 0.3) is 11.0 Å². The number of fused-ring (bicyclic) bond motifs is 1. The van der Waals surface area contributed by atoms with E-state index >= 15 is 0 Å². The molecule has 108 valence electrons. The van der Waals surface area contributed by atoms with Crippen molar-refractivity contribution in [3.05, 3.63) is 63.2 Å². The Morgan fingerprint density at radius 3 is 2.43 bits per heavy atom. The zero-order valence-corrected chi connectivity index (χ0v) is 13.1. The summed E-state index contributed by atoms with van der Waals surface area (Å²) in [6.07, 6.45) is 0. The van der Waals surface area contributed by atoms with E-state index in [2.05, 4.69) is 22.5 Å². The van der Waals surface area contributed by atoms with E-state index in [4.69, 9.17) is 12.2 Å². The van der Waals surface area contributed by atoms with E-state index in [0.29, 0.717) is 22.4 Å². The Labute approximate surface area is 128 Å². The van der Waals surface area contributed by atoms with Gasteiger partial charge in [0.15, 0.2) is 4.77 Å². The van der Waals surface area contributed by atoms with Crippen molar-refractivity contribution in [2.45, 2.75) is 27.3 Å². The molecule has 0 bridgehead atoms. The Morgan fingerprint density at radius 1 is 1.10 bits per heavy atom. The van der Waals surface area contributed by atoms with Crippen molar-refractivity contribution in [2.24, 2.45) is 0 Å². The van der Waals surface area contributed by atoms with Crippen molar-refractivity contribution in [2.75, 3.05) is 0 Å². The van der Waals surface area contributed by atoms with E-state index in [9.17, 15) is 4.39 Å². The number of aromatic amines is 1. The number of para-hydroxylation sites is 1. The third-order valence-electron chi connectivity index (χ3n) is 3.83. The quantitative estimate of drug-likeness (QED) is 0.673. The third-order valence-corrected chi connectivity index (χ3v) is 4.15. The first-order valence-corrected chi connectivity index (χ1v) is 7.32. The topological polar surface area (TPSA) is 20.7 Å². The highest BCUT2D eigenvalue weighted by atomic mass is 32.1. The lowest BCUT2D eigenvalue weighted by atomic mass is 10.1. The summed E-state index contributed by atoms with van der Waals surface area (Å²) in [5.74, 6) is -0.127. The summed E-state index contributed by atoms with van der Waals surface area (Å²) in [5, 5.41) is 0. The molecule has 1 N–H and O–H groups in total. The fraction of sp³-hybridized carbons (Fsp3) is 0.235. The summed E-state index contributed by atoms with van der Waals surface area (Å²) >= 11 is 5.44. The lowest BCUT2D eigenvalue weighted by Crippen LogP contribution is -2.02. The minimum Gasteiger partial charge on any atom is -0.331 e. The first kappa shape index (κ1) is 14.0. The minimum atomic E-state index is -0.127. The van der Waals surface area contributed by atoms with Crippen LogP contribution in [0, 0.1) is 31.4 Å². The maximum absolute atomic E-state index is 13.8. The van der Waals surface area contributed by atoms with Crippen LogP contribution in [-0.4, -0.2) is 9.55 Å². The fourth-order valence-electron chi connectivity index (χ4n) is 2.86. The second kappa shape index (κ2) is 5.11. The molecule has 0 aliphatic carbocycles. The fourth-order valence-corrected chi connectivity index (χ4v) is 3.13. The van der Waals surface area contributed by atoms with Crippen LogP contribution in [0.15, 0.2) is 30.3 Å². The Morgan fingerprint density at radius 2 is 1.76 bits per heavy atom. The number of imidazole rings is 1. The Hall–Kier alpha value is -1.94. The molecule has 4 heteroatoms. The van der Waals surface area contributed by atoms with E-state index in [1.165, 1.54) is 5.56 Å². The Balaban J connectivity index is 2.15. The van der Waals surface area contributed by atoms with Crippen molar-refractivity contribution in [3.8, 4) is 0 Å². The second-order valence-electron chi connectivity index (χ2n) is 5.53. The van der Waals surface area contributed by atoms with Gasteiger partial charge < -0.3 is 9.55 Å². The van der Waals surface area contributed by atoms with E-state index in [1.807, 2.05) is 24.3 Å². The van der Waals surface area contributed by atoms with Crippen molar-refractivity contribution in [3.63, 3.8) is 0 Å². The summed E-state index contributed by atoms with van der Waals surface area (Å²) in [6, 6.07) is 9.89. The normalized spacial score (nSPS) is 11.2. The van der Waals surface area contributed by atoms with Gasteiger partial charge in [0.2, 0.25) is 0 Å². The smallest absolute Gasteiger partial charge is 0.178 e. The van der Waals surface area contributed by atoms with Gasteiger partial charge in [-0.1, -0.05) is 24.3 Å². The van der Waals surface area contributed by atoms with Gasteiger partial charge in [-0.25, -0.2) is 4.39 Å². The summed E-state index contributed by atoms with van der Waals surface area (Å²) < 4.78 is 16.5. The predicted octanol–water partition coefficient (Wildman–Crippen LogP) is 4.81.